The van der Waals surface area contributed by atoms with Crippen LogP contribution in [0, 0.1) is 0 Å². The van der Waals surface area contributed by atoms with E-state index in [1.54, 1.807) is 0 Å². The highest BCUT2D eigenvalue weighted by molar-refractivity contribution is 4.61. The van der Waals surface area contributed by atoms with Gasteiger partial charge in [-0.1, -0.05) is 0 Å². The Kier molecular flexibility index (Phi) is 5.27. The van der Waals surface area contributed by atoms with Crippen molar-refractivity contribution in [2.45, 2.75) is 6.42 Å². The lowest BCUT2D eigenvalue weighted by Gasteiger charge is -2.26. The van der Waals surface area contributed by atoms with Crippen LogP contribution in [-0.2, 0) is 4.74 Å². The van der Waals surface area contributed by atoms with E-state index >= 15 is 0 Å². The van der Waals surface area contributed by atoms with Crippen molar-refractivity contribution in [1.82, 2.24) is 10.2 Å². The van der Waals surface area contributed by atoms with E-state index in [0.29, 0.717) is 6.67 Å². The fourth-order valence-corrected chi connectivity index (χ4v) is 1.35. The first kappa shape index (κ1) is 9.92. The highest BCUT2D eigenvalue weighted by Gasteiger charge is 2.08. The van der Waals surface area contributed by atoms with Crippen LogP contribution in [0.5, 0.6) is 0 Å². The van der Waals surface area contributed by atoms with Gasteiger partial charge in [0.05, 0.1) is 13.2 Å². The Labute approximate surface area is 74.1 Å². The van der Waals surface area contributed by atoms with Gasteiger partial charge in [-0.3, -0.25) is 4.90 Å². The zero-order valence-corrected chi connectivity index (χ0v) is 7.59. The van der Waals surface area contributed by atoms with Crippen molar-refractivity contribution in [3.8, 4) is 0 Å². The number of morpholine rings is 1. The van der Waals surface area contributed by atoms with Gasteiger partial charge in [0.15, 0.2) is 0 Å². The molecule has 1 fully saturated rings. The third-order valence-electron chi connectivity index (χ3n) is 2.08. The van der Waals surface area contributed by atoms with Crippen molar-refractivity contribution in [2.24, 2.45) is 5.73 Å². The smallest absolute Gasteiger partial charge is 0.0594 e. The molecule has 4 nitrogen and oxygen atoms in total. The molecule has 0 radical (unpaired) electrons. The Morgan fingerprint density at radius 1 is 1.33 bits per heavy atom. The summed E-state index contributed by atoms with van der Waals surface area (Å²) in [6.07, 6.45) is 1.18. The second-order valence-electron chi connectivity index (χ2n) is 3.01. The van der Waals surface area contributed by atoms with Crippen LogP contribution < -0.4 is 11.1 Å². The monoisotopic (exact) mass is 173 g/mol. The van der Waals surface area contributed by atoms with Gasteiger partial charge in [-0.05, 0) is 19.5 Å². The third-order valence-corrected chi connectivity index (χ3v) is 2.08. The maximum absolute atomic E-state index is 5.30. The van der Waals surface area contributed by atoms with Crippen LogP contribution in [0.15, 0.2) is 0 Å². The fraction of sp³-hybridized carbons (Fsp3) is 1.00. The SMILES string of the molecule is NCNCCCN1CCOCC1. The molecule has 0 bridgehead atoms. The van der Waals surface area contributed by atoms with E-state index in [-0.39, 0.29) is 0 Å². The number of hydrogen-bond donors (Lipinski definition) is 2. The van der Waals surface area contributed by atoms with E-state index < -0.39 is 0 Å². The zero-order valence-electron chi connectivity index (χ0n) is 7.59. The molecule has 12 heavy (non-hydrogen) atoms. The predicted octanol–water partition coefficient (Wildman–Crippen LogP) is -0.785. The van der Waals surface area contributed by atoms with Gasteiger partial charge in [-0.15, -0.1) is 0 Å². The summed E-state index contributed by atoms with van der Waals surface area (Å²) < 4.78 is 5.25. The highest BCUT2D eigenvalue weighted by atomic mass is 16.5. The van der Waals surface area contributed by atoms with Gasteiger partial charge in [0, 0.05) is 19.8 Å². The average Bonchev–Trinajstić information content (AvgIpc) is 2.14. The third kappa shape index (κ3) is 4.01. The first-order valence-corrected chi connectivity index (χ1v) is 4.64. The normalized spacial score (nSPS) is 19.8. The van der Waals surface area contributed by atoms with Crippen molar-refractivity contribution in [2.75, 3.05) is 46.1 Å². The highest BCUT2D eigenvalue weighted by Crippen LogP contribution is 1.96. The Bertz CT molecular complexity index is 104. The minimum atomic E-state index is 0.586. The molecule has 3 N–H and O–H groups in total. The topological polar surface area (TPSA) is 50.5 Å². The largest absolute Gasteiger partial charge is 0.379 e. The summed E-state index contributed by atoms with van der Waals surface area (Å²) in [5.41, 5.74) is 5.30. The molecule has 0 atom stereocenters. The van der Waals surface area contributed by atoms with Crippen LogP contribution in [0.3, 0.4) is 0 Å². The fourth-order valence-electron chi connectivity index (χ4n) is 1.35. The predicted molar refractivity (Wildman–Crippen MR) is 48.9 cm³/mol. The Hall–Kier alpha value is -0.160. The second-order valence-corrected chi connectivity index (χ2v) is 3.01. The second kappa shape index (κ2) is 6.37. The molecule has 1 saturated heterocycles. The molecule has 0 aromatic rings. The summed E-state index contributed by atoms with van der Waals surface area (Å²) >= 11 is 0. The number of nitrogens with two attached hydrogens (primary N) is 1. The molecule has 1 heterocycles. The maximum atomic E-state index is 5.30. The molecule has 0 aromatic heterocycles. The summed E-state index contributed by atoms with van der Waals surface area (Å²) in [5.74, 6) is 0. The van der Waals surface area contributed by atoms with Gasteiger partial charge in [0.1, 0.15) is 0 Å². The van der Waals surface area contributed by atoms with Crippen LogP contribution in [0.1, 0.15) is 6.42 Å². The number of nitrogens with one attached hydrogen (secondary N) is 1. The van der Waals surface area contributed by atoms with Crippen LogP contribution in [-0.4, -0.2) is 51.0 Å². The minimum absolute atomic E-state index is 0.586. The standard InChI is InChI=1S/C8H19N3O/c9-8-10-2-1-3-11-4-6-12-7-5-11/h10H,1-9H2. The summed E-state index contributed by atoms with van der Waals surface area (Å²) in [5, 5.41) is 3.11. The Morgan fingerprint density at radius 3 is 2.75 bits per heavy atom. The molecule has 4 heteroatoms. The molecular formula is C8H19N3O. The van der Waals surface area contributed by atoms with Crippen molar-refractivity contribution < 1.29 is 4.74 Å². The van der Waals surface area contributed by atoms with Crippen LogP contribution in [0.2, 0.25) is 0 Å². The van der Waals surface area contributed by atoms with Crippen LogP contribution >= 0.6 is 0 Å². The van der Waals surface area contributed by atoms with Crippen molar-refractivity contribution in [3.63, 3.8) is 0 Å². The summed E-state index contributed by atoms with van der Waals surface area (Å²) in [6, 6.07) is 0. The van der Waals surface area contributed by atoms with E-state index in [9.17, 15) is 0 Å². The Morgan fingerprint density at radius 2 is 2.08 bits per heavy atom. The van der Waals surface area contributed by atoms with Gasteiger partial charge in [0.2, 0.25) is 0 Å². The molecule has 0 spiro atoms. The number of hydrogen-bond acceptors (Lipinski definition) is 4. The summed E-state index contributed by atoms with van der Waals surface area (Å²) in [7, 11) is 0. The number of rotatable bonds is 5. The average molecular weight is 173 g/mol. The maximum Gasteiger partial charge on any atom is 0.0594 e. The van der Waals surface area contributed by atoms with Crippen molar-refractivity contribution in [3.05, 3.63) is 0 Å². The van der Waals surface area contributed by atoms with Crippen molar-refractivity contribution >= 4 is 0 Å². The number of ether oxygens (including phenoxy) is 1. The van der Waals surface area contributed by atoms with E-state index in [1.807, 2.05) is 0 Å². The lowest BCUT2D eigenvalue weighted by Crippen LogP contribution is -2.38. The Balaban J connectivity index is 1.91. The first-order chi connectivity index (χ1) is 5.93. The van der Waals surface area contributed by atoms with E-state index in [1.165, 1.54) is 6.42 Å². The molecule has 0 aromatic carbocycles. The first-order valence-electron chi connectivity index (χ1n) is 4.64. The summed E-state index contributed by atoms with van der Waals surface area (Å²) in [4.78, 5) is 2.43. The molecule has 1 aliphatic heterocycles. The van der Waals surface area contributed by atoms with Gasteiger partial charge in [-0.2, -0.15) is 0 Å². The lowest BCUT2D eigenvalue weighted by molar-refractivity contribution is 0.0375. The van der Waals surface area contributed by atoms with Gasteiger partial charge >= 0.3 is 0 Å². The minimum Gasteiger partial charge on any atom is -0.379 e. The van der Waals surface area contributed by atoms with Crippen LogP contribution in [0.25, 0.3) is 0 Å². The van der Waals surface area contributed by atoms with E-state index in [0.717, 1.165) is 39.4 Å². The molecular weight excluding hydrogens is 154 g/mol. The molecule has 0 amide bonds. The molecule has 0 saturated carbocycles. The molecule has 1 aliphatic rings. The van der Waals surface area contributed by atoms with Crippen molar-refractivity contribution in [1.29, 1.82) is 0 Å². The van der Waals surface area contributed by atoms with Crippen LogP contribution in [0.4, 0.5) is 0 Å². The molecule has 72 valence electrons. The van der Waals surface area contributed by atoms with Gasteiger partial charge in [0.25, 0.3) is 0 Å². The van der Waals surface area contributed by atoms with Gasteiger partial charge in [-0.25, -0.2) is 0 Å². The molecule has 0 unspecified atom stereocenters. The van der Waals surface area contributed by atoms with Gasteiger partial charge < -0.3 is 15.8 Å². The quantitative estimate of drug-likeness (QED) is 0.423. The molecule has 1 rings (SSSR count). The zero-order chi connectivity index (χ0) is 8.65. The van der Waals surface area contributed by atoms with E-state index in [2.05, 4.69) is 10.2 Å². The molecule has 0 aliphatic carbocycles. The number of nitrogens with zero attached hydrogens (tertiary/aromatic N) is 1. The lowest BCUT2D eigenvalue weighted by atomic mass is 10.3. The van der Waals surface area contributed by atoms with E-state index in [4.69, 9.17) is 10.5 Å². The summed E-state index contributed by atoms with van der Waals surface area (Å²) in [6.45, 7) is 6.73.